The number of likely N-dealkylation sites (tertiary alicyclic amines) is 1. The van der Waals surface area contributed by atoms with Gasteiger partial charge in [-0.15, -0.1) is 0 Å². The van der Waals surface area contributed by atoms with Crippen molar-refractivity contribution in [1.29, 1.82) is 0 Å². The smallest absolute Gasteiger partial charge is 0.104 e. The van der Waals surface area contributed by atoms with Crippen LogP contribution in [-0.2, 0) is 11.2 Å². The summed E-state index contributed by atoms with van der Waals surface area (Å²) in [6.45, 7) is 12.0. The molecule has 2 aliphatic heterocycles. The number of fused-ring (bicyclic) bond motifs is 1. The number of hydrogen-bond donors (Lipinski definition) is 1. The number of ether oxygens (including phenoxy) is 1. The molecule has 1 fully saturated rings. The van der Waals surface area contributed by atoms with Crippen molar-refractivity contribution in [3.05, 3.63) is 69.8 Å². The highest BCUT2D eigenvalue weighted by Gasteiger charge is 2.43. The lowest BCUT2D eigenvalue weighted by atomic mass is 9.84. The first-order valence-corrected chi connectivity index (χ1v) is 10.7. The van der Waals surface area contributed by atoms with Gasteiger partial charge in [0.1, 0.15) is 11.5 Å². The van der Waals surface area contributed by atoms with E-state index in [2.05, 4.69) is 56.0 Å². The van der Waals surface area contributed by atoms with E-state index in [1.807, 2.05) is 6.92 Å². The standard InChI is InChI=1S/C25H34N2O/c1-17-18(2)28-19(3)22-15-25(4,24(26)23(17)22)16-27-12-10-21(11-13-27)14-20-8-6-5-7-9-20/h5-9,21H,10-16,26H2,1-4H3. The van der Waals surface area contributed by atoms with Crippen molar-refractivity contribution in [1.82, 2.24) is 4.90 Å². The monoisotopic (exact) mass is 378 g/mol. The molecule has 1 unspecified atom stereocenters. The fourth-order valence-electron chi connectivity index (χ4n) is 5.24. The molecule has 0 bridgehead atoms. The summed E-state index contributed by atoms with van der Waals surface area (Å²) in [5.74, 6) is 2.83. The third kappa shape index (κ3) is 3.53. The minimum absolute atomic E-state index is 0.00737. The van der Waals surface area contributed by atoms with E-state index < -0.39 is 0 Å². The second-order valence-corrected chi connectivity index (χ2v) is 9.25. The summed E-state index contributed by atoms with van der Waals surface area (Å²) < 4.78 is 5.97. The molecule has 0 saturated carbocycles. The lowest BCUT2D eigenvalue weighted by molar-refractivity contribution is 0.137. The van der Waals surface area contributed by atoms with Gasteiger partial charge in [-0.3, -0.25) is 0 Å². The summed E-state index contributed by atoms with van der Waals surface area (Å²) in [6, 6.07) is 10.9. The van der Waals surface area contributed by atoms with E-state index in [4.69, 9.17) is 10.5 Å². The maximum atomic E-state index is 6.76. The molecule has 2 N–H and O–H groups in total. The van der Waals surface area contributed by atoms with Crippen LogP contribution in [0.3, 0.4) is 0 Å². The van der Waals surface area contributed by atoms with Crippen LogP contribution in [0.25, 0.3) is 0 Å². The molecule has 1 aromatic carbocycles. The van der Waals surface area contributed by atoms with Crippen LogP contribution in [0.2, 0.25) is 0 Å². The molecule has 4 rings (SSSR count). The molecule has 0 amide bonds. The van der Waals surface area contributed by atoms with Gasteiger partial charge in [-0.05, 0) is 76.6 Å². The number of rotatable bonds is 4. The lowest BCUT2D eigenvalue weighted by Gasteiger charge is -2.38. The lowest BCUT2D eigenvalue weighted by Crippen LogP contribution is -2.42. The molecule has 1 aliphatic carbocycles. The maximum Gasteiger partial charge on any atom is 0.104 e. The van der Waals surface area contributed by atoms with Crippen LogP contribution in [-0.4, -0.2) is 24.5 Å². The largest absolute Gasteiger partial charge is 0.466 e. The minimum Gasteiger partial charge on any atom is -0.466 e. The van der Waals surface area contributed by atoms with E-state index in [-0.39, 0.29) is 5.41 Å². The van der Waals surface area contributed by atoms with Gasteiger partial charge in [-0.1, -0.05) is 37.3 Å². The van der Waals surface area contributed by atoms with Crippen molar-refractivity contribution in [2.24, 2.45) is 17.1 Å². The molecule has 3 nitrogen and oxygen atoms in total. The van der Waals surface area contributed by atoms with E-state index in [0.29, 0.717) is 0 Å². The zero-order valence-electron chi connectivity index (χ0n) is 17.8. The summed E-state index contributed by atoms with van der Waals surface area (Å²) in [6.07, 6.45) is 4.77. The summed E-state index contributed by atoms with van der Waals surface area (Å²) >= 11 is 0. The van der Waals surface area contributed by atoms with E-state index in [0.717, 1.165) is 36.1 Å². The third-order valence-electron chi connectivity index (χ3n) is 7.07. The quantitative estimate of drug-likeness (QED) is 0.786. The number of allylic oxidation sites excluding steroid dienone is 5. The van der Waals surface area contributed by atoms with Crippen LogP contribution in [0, 0.1) is 11.3 Å². The van der Waals surface area contributed by atoms with E-state index in [1.165, 1.54) is 54.6 Å². The van der Waals surface area contributed by atoms with Crippen molar-refractivity contribution in [2.75, 3.05) is 19.6 Å². The first-order chi connectivity index (χ1) is 13.4. The summed E-state index contributed by atoms with van der Waals surface area (Å²) in [5.41, 5.74) is 13.1. The van der Waals surface area contributed by atoms with Crippen molar-refractivity contribution >= 4 is 0 Å². The molecular weight excluding hydrogens is 344 g/mol. The van der Waals surface area contributed by atoms with Gasteiger partial charge in [0.05, 0.1) is 0 Å². The Morgan fingerprint density at radius 1 is 1.07 bits per heavy atom. The molecule has 1 aromatic rings. The Morgan fingerprint density at radius 2 is 1.75 bits per heavy atom. The zero-order chi connectivity index (χ0) is 19.9. The highest BCUT2D eigenvalue weighted by atomic mass is 16.5. The molecule has 1 saturated heterocycles. The molecule has 150 valence electrons. The van der Waals surface area contributed by atoms with Crippen molar-refractivity contribution in [3.8, 4) is 0 Å². The van der Waals surface area contributed by atoms with Gasteiger partial charge in [-0.2, -0.15) is 0 Å². The molecule has 0 aromatic heterocycles. The van der Waals surface area contributed by atoms with Crippen molar-refractivity contribution in [2.45, 2.75) is 53.4 Å². The Bertz CT molecular complexity index is 841. The molecule has 2 heterocycles. The Balaban J connectivity index is 1.42. The van der Waals surface area contributed by atoms with E-state index in [1.54, 1.807) is 0 Å². The van der Waals surface area contributed by atoms with Crippen LogP contribution in [0.4, 0.5) is 0 Å². The highest BCUT2D eigenvalue weighted by Crippen LogP contribution is 2.50. The number of benzene rings is 1. The maximum absolute atomic E-state index is 6.76. The van der Waals surface area contributed by atoms with E-state index >= 15 is 0 Å². The molecule has 3 aliphatic rings. The first-order valence-electron chi connectivity index (χ1n) is 10.7. The molecule has 0 spiro atoms. The van der Waals surface area contributed by atoms with Crippen molar-refractivity contribution in [3.63, 3.8) is 0 Å². The topological polar surface area (TPSA) is 38.5 Å². The number of nitrogens with zero attached hydrogens (tertiary/aromatic N) is 1. The van der Waals surface area contributed by atoms with Gasteiger partial charge >= 0.3 is 0 Å². The fraction of sp³-hybridized carbons (Fsp3) is 0.520. The van der Waals surface area contributed by atoms with Crippen LogP contribution < -0.4 is 5.73 Å². The van der Waals surface area contributed by atoms with Crippen LogP contribution in [0.5, 0.6) is 0 Å². The number of hydrogen-bond acceptors (Lipinski definition) is 3. The normalized spacial score (nSPS) is 26.7. The highest BCUT2D eigenvalue weighted by molar-refractivity contribution is 5.58. The molecule has 0 radical (unpaired) electrons. The minimum atomic E-state index is 0.00737. The summed E-state index contributed by atoms with van der Waals surface area (Å²) in [7, 11) is 0. The third-order valence-corrected chi connectivity index (χ3v) is 7.07. The van der Waals surface area contributed by atoms with E-state index in [9.17, 15) is 0 Å². The van der Waals surface area contributed by atoms with Gasteiger partial charge in [-0.25, -0.2) is 0 Å². The van der Waals surface area contributed by atoms with Crippen LogP contribution in [0.1, 0.15) is 52.5 Å². The summed E-state index contributed by atoms with van der Waals surface area (Å²) in [4.78, 5) is 2.63. The Kier molecular flexibility index (Phi) is 5.13. The predicted octanol–water partition coefficient (Wildman–Crippen LogP) is 5.16. The van der Waals surface area contributed by atoms with Gasteiger partial charge in [0.15, 0.2) is 0 Å². The molecule has 3 heteroatoms. The van der Waals surface area contributed by atoms with Gasteiger partial charge in [0.2, 0.25) is 0 Å². The second-order valence-electron chi connectivity index (χ2n) is 9.25. The Labute approximate surface area is 169 Å². The number of nitrogens with two attached hydrogens (primary N) is 1. The summed E-state index contributed by atoms with van der Waals surface area (Å²) in [5, 5.41) is 0. The van der Waals surface area contributed by atoms with Gasteiger partial charge in [0.25, 0.3) is 0 Å². The first kappa shape index (κ1) is 19.3. The predicted molar refractivity (Wildman–Crippen MR) is 115 cm³/mol. The van der Waals surface area contributed by atoms with Gasteiger partial charge in [0, 0.05) is 28.8 Å². The SMILES string of the molecule is CC1=C(C)C2=C(N)C(C)(CN3CCC(Cc4ccccc4)CC3)CC2=C(C)O1. The zero-order valence-corrected chi connectivity index (χ0v) is 17.8. The molecule has 1 atom stereocenters. The second kappa shape index (κ2) is 7.44. The Hall–Kier alpha value is -2.00. The van der Waals surface area contributed by atoms with Gasteiger partial charge < -0.3 is 15.4 Å². The average Bonchev–Trinajstić information content (AvgIpc) is 2.94. The number of piperidine rings is 1. The molecular formula is C25H34N2O. The van der Waals surface area contributed by atoms with Crippen LogP contribution in [0.15, 0.2) is 64.3 Å². The van der Waals surface area contributed by atoms with Crippen LogP contribution >= 0.6 is 0 Å². The molecule has 28 heavy (non-hydrogen) atoms. The fourth-order valence-corrected chi connectivity index (χ4v) is 5.24. The van der Waals surface area contributed by atoms with Crippen molar-refractivity contribution < 1.29 is 4.74 Å². The average molecular weight is 379 g/mol. The Morgan fingerprint density at radius 3 is 2.43 bits per heavy atom.